The van der Waals surface area contributed by atoms with Crippen molar-refractivity contribution in [1.82, 2.24) is 0 Å². The van der Waals surface area contributed by atoms with Crippen molar-refractivity contribution in [2.45, 2.75) is 25.6 Å². The summed E-state index contributed by atoms with van der Waals surface area (Å²) in [6, 6.07) is 5.60. The predicted molar refractivity (Wildman–Crippen MR) is 63.4 cm³/mol. The van der Waals surface area contributed by atoms with Crippen molar-refractivity contribution in [3.63, 3.8) is 0 Å². The molecule has 0 amide bonds. The summed E-state index contributed by atoms with van der Waals surface area (Å²) in [4.78, 5) is 1.71. The Kier molecular flexibility index (Phi) is 3.52. The molecule has 0 aliphatic carbocycles. The SMILES string of the molecule is CC(O)C1CCN(c2ccccc2C(F)(F)F)C1. The fraction of sp³-hybridized carbons (Fsp3) is 0.538. The number of para-hydroxylation sites is 1. The summed E-state index contributed by atoms with van der Waals surface area (Å²) in [5.41, 5.74) is -0.385. The largest absolute Gasteiger partial charge is 0.418 e. The molecule has 18 heavy (non-hydrogen) atoms. The minimum atomic E-state index is -4.33. The zero-order valence-corrected chi connectivity index (χ0v) is 10.1. The van der Waals surface area contributed by atoms with Crippen LogP contribution in [0.25, 0.3) is 0 Å². The van der Waals surface area contributed by atoms with Gasteiger partial charge >= 0.3 is 6.18 Å². The van der Waals surface area contributed by atoms with Crippen LogP contribution >= 0.6 is 0 Å². The molecule has 2 rings (SSSR count). The lowest BCUT2D eigenvalue weighted by Gasteiger charge is -2.23. The van der Waals surface area contributed by atoms with Gasteiger partial charge in [-0.15, -0.1) is 0 Å². The van der Waals surface area contributed by atoms with E-state index in [4.69, 9.17) is 0 Å². The fourth-order valence-corrected chi connectivity index (χ4v) is 2.39. The third kappa shape index (κ3) is 2.61. The van der Waals surface area contributed by atoms with Gasteiger partial charge in [-0.05, 0) is 25.5 Å². The number of alkyl halides is 3. The second-order valence-electron chi connectivity index (χ2n) is 4.75. The summed E-state index contributed by atoms with van der Waals surface area (Å²) in [6.45, 7) is 2.72. The Hall–Kier alpha value is -1.23. The Morgan fingerprint density at radius 3 is 2.56 bits per heavy atom. The van der Waals surface area contributed by atoms with E-state index in [1.54, 1.807) is 17.9 Å². The molecule has 100 valence electrons. The molecule has 2 nitrogen and oxygen atoms in total. The lowest BCUT2D eigenvalue weighted by Crippen LogP contribution is -2.26. The number of hydrogen-bond acceptors (Lipinski definition) is 2. The highest BCUT2D eigenvalue weighted by Crippen LogP contribution is 2.38. The van der Waals surface area contributed by atoms with Crippen LogP contribution in [0.2, 0.25) is 0 Å². The summed E-state index contributed by atoms with van der Waals surface area (Å²) < 4.78 is 38.6. The van der Waals surface area contributed by atoms with E-state index in [9.17, 15) is 18.3 Å². The van der Waals surface area contributed by atoms with Crippen LogP contribution in [0.15, 0.2) is 24.3 Å². The average Bonchev–Trinajstić information content (AvgIpc) is 2.77. The third-order valence-electron chi connectivity index (χ3n) is 3.46. The second kappa shape index (κ2) is 4.80. The van der Waals surface area contributed by atoms with Gasteiger partial charge in [-0.1, -0.05) is 12.1 Å². The Labute approximate surface area is 104 Å². The fourth-order valence-electron chi connectivity index (χ4n) is 2.39. The Morgan fingerprint density at radius 1 is 1.33 bits per heavy atom. The van der Waals surface area contributed by atoms with Crippen LogP contribution in [0.4, 0.5) is 18.9 Å². The number of benzene rings is 1. The van der Waals surface area contributed by atoms with Gasteiger partial charge < -0.3 is 10.0 Å². The number of aliphatic hydroxyl groups is 1. The molecular formula is C13H16F3NO. The van der Waals surface area contributed by atoms with Gasteiger partial charge in [0.15, 0.2) is 0 Å². The van der Waals surface area contributed by atoms with E-state index >= 15 is 0 Å². The maximum atomic E-state index is 12.9. The van der Waals surface area contributed by atoms with Gasteiger partial charge in [0, 0.05) is 24.7 Å². The van der Waals surface area contributed by atoms with E-state index in [1.807, 2.05) is 0 Å². The zero-order valence-electron chi connectivity index (χ0n) is 10.1. The molecule has 1 saturated heterocycles. The second-order valence-corrected chi connectivity index (χ2v) is 4.75. The number of anilines is 1. The standard InChI is InChI=1S/C13H16F3NO/c1-9(18)10-6-7-17(8-10)12-5-3-2-4-11(12)13(14,15)16/h2-5,9-10,18H,6-8H2,1H3. The van der Waals surface area contributed by atoms with Gasteiger partial charge in [-0.25, -0.2) is 0 Å². The Morgan fingerprint density at radius 2 is 2.00 bits per heavy atom. The number of nitrogens with zero attached hydrogens (tertiary/aromatic N) is 1. The molecule has 1 aromatic carbocycles. The highest BCUT2D eigenvalue weighted by molar-refractivity contribution is 5.55. The highest BCUT2D eigenvalue weighted by atomic mass is 19.4. The molecule has 0 spiro atoms. The van der Waals surface area contributed by atoms with Crippen molar-refractivity contribution >= 4 is 5.69 Å². The van der Waals surface area contributed by atoms with Crippen LogP contribution in [0.5, 0.6) is 0 Å². The zero-order chi connectivity index (χ0) is 13.3. The molecule has 1 aliphatic rings. The topological polar surface area (TPSA) is 23.5 Å². The van der Waals surface area contributed by atoms with Gasteiger partial charge in [0.1, 0.15) is 0 Å². The van der Waals surface area contributed by atoms with Crippen molar-refractivity contribution in [1.29, 1.82) is 0 Å². The van der Waals surface area contributed by atoms with E-state index in [0.717, 1.165) is 12.5 Å². The van der Waals surface area contributed by atoms with Crippen LogP contribution in [0.3, 0.4) is 0 Å². The molecule has 0 saturated carbocycles. The van der Waals surface area contributed by atoms with Gasteiger partial charge in [0.2, 0.25) is 0 Å². The Balaban J connectivity index is 2.25. The Bertz CT molecular complexity index is 417. The minimum absolute atomic E-state index is 0.0475. The first-order chi connectivity index (χ1) is 8.39. The van der Waals surface area contributed by atoms with E-state index in [0.29, 0.717) is 13.1 Å². The first-order valence-electron chi connectivity index (χ1n) is 5.99. The quantitative estimate of drug-likeness (QED) is 0.882. The monoisotopic (exact) mass is 259 g/mol. The molecule has 1 heterocycles. The summed E-state index contributed by atoms with van der Waals surface area (Å²) in [6.07, 6.45) is -4.09. The van der Waals surface area contributed by atoms with Crippen molar-refractivity contribution in [3.8, 4) is 0 Å². The number of aliphatic hydroxyl groups excluding tert-OH is 1. The molecule has 1 fully saturated rings. The maximum absolute atomic E-state index is 12.9. The third-order valence-corrected chi connectivity index (χ3v) is 3.46. The lowest BCUT2D eigenvalue weighted by molar-refractivity contribution is -0.137. The summed E-state index contributed by atoms with van der Waals surface area (Å²) in [5, 5.41) is 9.50. The van der Waals surface area contributed by atoms with Crippen LogP contribution in [0, 0.1) is 5.92 Å². The molecule has 0 radical (unpaired) electrons. The lowest BCUT2D eigenvalue weighted by atomic mass is 10.0. The van der Waals surface area contributed by atoms with Crippen LogP contribution < -0.4 is 4.90 Å². The van der Waals surface area contributed by atoms with Gasteiger partial charge in [0.25, 0.3) is 0 Å². The molecule has 2 atom stereocenters. The van der Waals surface area contributed by atoms with E-state index in [1.165, 1.54) is 12.1 Å². The van der Waals surface area contributed by atoms with Crippen molar-refractivity contribution in [2.24, 2.45) is 5.92 Å². The van der Waals surface area contributed by atoms with E-state index in [-0.39, 0.29) is 11.6 Å². The average molecular weight is 259 g/mol. The van der Waals surface area contributed by atoms with E-state index < -0.39 is 17.8 Å². The normalized spacial score (nSPS) is 22.3. The van der Waals surface area contributed by atoms with Crippen LogP contribution in [-0.2, 0) is 6.18 Å². The molecule has 1 N–H and O–H groups in total. The first-order valence-corrected chi connectivity index (χ1v) is 5.99. The van der Waals surface area contributed by atoms with E-state index in [2.05, 4.69) is 0 Å². The molecular weight excluding hydrogens is 243 g/mol. The van der Waals surface area contributed by atoms with Crippen molar-refractivity contribution < 1.29 is 18.3 Å². The number of rotatable bonds is 2. The predicted octanol–water partition coefficient (Wildman–Crippen LogP) is 2.91. The maximum Gasteiger partial charge on any atom is 0.418 e. The molecule has 2 unspecified atom stereocenters. The summed E-state index contributed by atoms with van der Waals surface area (Å²) >= 11 is 0. The number of halogens is 3. The summed E-state index contributed by atoms with van der Waals surface area (Å²) in [7, 11) is 0. The van der Waals surface area contributed by atoms with Crippen LogP contribution in [-0.4, -0.2) is 24.3 Å². The van der Waals surface area contributed by atoms with Gasteiger partial charge in [0.05, 0.1) is 11.7 Å². The highest BCUT2D eigenvalue weighted by Gasteiger charge is 2.36. The smallest absolute Gasteiger partial charge is 0.393 e. The minimum Gasteiger partial charge on any atom is -0.393 e. The van der Waals surface area contributed by atoms with Crippen LogP contribution in [0.1, 0.15) is 18.9 Å². The molecule has 0 bridgehead atoms. The van der Waals surface area contributed by atoms with Crippen molar-refractivity contribution in [3.05, 3.63) is 29.8 Å². The summed E-state index contributed by atoms with van der Waals surface area (Å²) in [5.74, 6) is 0.0475. The van der Waals surface area contributed by atoms with Crippen molar-refractivity contribution in [2.75, 3.05) is 18.0 Å². The molecule has 1 aliphatic heterocycles. The molecule has 1 aromatic rings. The first kappa shape index (κ1) is 13.2. The van der Waals surface area contributed by atoms with Gasteiger partial charge in [-0.2, -0.15) is 13.2 Å². The molecule has 5 heteroatoms. The van der Waals surface area contributed by atoms with Gasteiger partial charge in [-0.3, -0.25) is 0 Å². The molecule has 0 aromatic heterocycles. The number of hydrogen-bond donors (Lipinski definition) is 1.